The Morgan fingerprint density at radius 2 is 1.67 bits per heavy atom. The number of thioether (sulfide) groups is 1. The third-order valence-electron chi connectivity index (χ3n) is 4.89. The van der Waals surface area contributed by atoms with Gasteiger partial charge >= 0.3 is 0 Å². The van der Waals surface area contributed by atoms with Gasteiger partial charge in [0.05, 0.1) is 12.9 Å². The van der Waals surface area contributed by atoms with Gasteiger partial charge in [-0.05, 0) is 55.0 Å². The van der Waals surface area contributed by atoms with E-state index in [4.69, 9.17) is 9.47 Å². The summed E-state index contributed by atoms with van der Waals surface area (Å²) in [4.78, 5) is 12.6. The van der Waals surface area contributed by atoms with Crippen molar-refractivity contribution < 1.29 is 14.3 Å². The van der Waals surface area contributed by atoms with E-state index in [0.717, 1.165) is 28.4 Å². The summed E-state index contributed by atoms with van der Waals surface area (Å²) < 4.78 is 13.1. The minimum atomic E-state index is -0.110. The van der Waals surface area contributed by atoms with Crippen molar-refractivity contribution in [3.63, 3.8) is 0 Å². The standard InChI is InChI=1S/C25H24N4O3S/c1-18-8-6-7-11-22(18)26-24(30)17-33-25-28-27-23(16-32-21-9-4-3-5-10-21)29(25)19-12-14-20(31-2)15-13-19/h3-15H,16-17H2,1-2H3,(H,26,30). The van der Waals surface area contributed by atoms with Gasteiger partial charge in [0, 0.05) is 11.4 Å². The summed E-state index contributed by atoms with van der Waals surface area (Å²) in [6.07, 6.45) is 0. The number of anilines is 1. The fourth-order valence-corrected chi connectivity index (χ4v) is 3.94. The van der Waals surface area contributed by atoms with Gasteiger partial charge in [0.1, 0.15) is 18.1 Å². The molecule has 0 aliphatic carbocycles. The van der Waals surface area contributed by atoms with Gasteiger partial charge in [-0.25, -0.2) is 0 Å². The van der Waals surface area contributed by atoms with Gasteiger partial charge in [0.25, 0.3) is 0 Å². The molecule has 168 valence electrons. The number of rotatable bonds is 9. The summed E-state index contributed by atoms with van der Waals surface area (Å²) in [7, 11) is 1.63. The number of nitrogens with one attached hydrogen (secondary N) is 1. The third kappa shape index (κ3) is 5.72. The van der Waals surface area contributed by atoms with E-state index in [9.17, 15) is 4.79 Å². The van der Waals surface area contributed by atoms with Crippen molar-refractivity contribution in [2.75, 3.05) is 18.2 Å². The average molecular weight is 461 g/mol. The fraction of sp³-hybridized carbons (Fsp3) is 0.160. The molecule has 0 bridgehead atoms. The number of ether oxygens (including phenoxy) is 2. The molecule has 0 unspecified atom stereocenters. The van der Waals surface area contributed by atoms with Crippen molar-refractivity contribution in [1.29, 1.82) is 0 Å². The minimum absolute atomic E-state index is 0.110. The second-order valence-corrected chi connectivity index (χ2v) is 8.13. The Morgan fingerprint density at radius 3 is 2.39 bits per heavy atom. The lowest BCUT2D eigenvalue weighted by Gasteiger charge is -2.12. The van der Waals surface area contributed by atoms with Crippen LogP contribution in [0.4, 0.5) is 5.69 Å². The minimum Gasteiger partial charge on any atom is -0.497 e. The van der Waals surface area contributed by atoms with Crippen LogP contribution in [0.2, 0.25) is 0 Å². The first-order valence-corrected chi connectivity index (χ1v) is 11.4. The number of hydrogen-bond acceptors (Lipinski definition) is 6. The lowest BCUT2D eigenvalue weighted by Crippen LogP contribution is -2.15. The van der Waals surface area contributed by atoms with Gasteiger partial charge < -0.3 is 14.8 Å². The van der Waals surface area contributed by atoms with E-state index in [2.05, 4.69) is 15.5 Å². The molecule has 33 heavy (non-hydrogen) atoms. The van der Waals surface area contributed by atoms with E-state index in [-0.39, 0.29) is 18.3 Å². The molecule has 4 aromatic rings. The van der Waals surface area contributed by atoms with Crippen LogP contribution < -0.4 is 14.8 Å². The Morgan fingerprint density at radius 1 is 0.939 bits per heavy atom. The predicted octanol–water partition coefficient (Wildman–Crippen LogP) is 4.89. The van der Waals surface area contributed by atoms with Crippen LogP contribution in [0, 0.1) is 6.92 Å². The highest BCUT2D eigenvalue weighted by molar-refractivity contribution is 7.99. The maximum Gasteiger partial charge on any atom is 0.234 e. The Kier molecular flexibility index (Phi) is 7.26. The molecule has 0 atom stereocenters. The summed E-state index contributed by atoms with van der Waals surface area (Å²) in [5.74, 6) is 2.21. The number of methoxy groups -OCH3 is 1. The summed E-state index contributed by atoms with van der Waals surface area (Å²) in [5.41, 5.74) is 2.67. The Bertz CT molecular complexity index is 1210. The molecule has 1 amide bonds. The van der Waals surface area contributed by atoms with Crippen LogP contribution in [0.3, 0.4) is 0 Å². The van der Waals surface area contributed by atoms with Crippen molar-refractivity contribution in [3.05, 3.63) is 90.3 Å². The average Bonchev–Trinajstić information content (AvgIpc) is 3.26. The first kappa shape index (κ1) is 22.4. The number of amides is 1. The molecule has 0 aliphatic rings. The summed E-state index contributed by atoms with van der Waals surface area (Å²) >= 11 is 1.32. The first-order valence-electron chi connectivity index (χ1n) is 10.4. The van der Waals surface area contributed by atoms with Crippen LogP contribution in [-0.4, -0.2) is 33.5 Å². The molecule has 8 heteroatoms. The molecule has 4 rings (SSSR count). The topological polar surface area (TPSA) is 78.3 Å². The van der Waals surface area contributed by atoms with Gasteiger partial charge in [-0.2, -0.15) is 0 Å². The van der Waals surface area contributed by atoms with E-state index < -0.39 is 0 Å². The van der Waals surface area contributed by atoms with Crippen molar-refractivity contribution in [3.8, 4) is 17.2 Å². The maximum atomic E-state index is 12.6. The lowest BCUT2D eigenvalue weighted by atomic mass is 10.2. The molecule has 1 N–H and O–H groups in total. The summed E-state index contributed by atoms with van der Waals surface area (Å²) in [6.45, 7) is 2.20. The van der Waals surface area contributed by atoms with Gasteiger partial charge in [-0.3, -0.25) is 9.36 Å². The number of hydrogen-bond donors (Lipinski definition) is 1. The zero-order valence-electron chi connectivity index (χ0n) is 18.4. The van der Waals surface area contributed by atoms with Crippen LogP contribution >= 0.6 is 11.8 Å². The van der Waals surface area contributed by atoms with E-state index >= 15 is 0 Å². The molecule has 0 saturated heterocycles. The van der Waals surface area contributed by atoms with Crippen LogP contribution in [0.25, 0.3) is 5.69 Å². The van der Waals surface area contributed by atoms with E-state index in [1.807, 2.05) is 90.4 Å². The van der Waals surface area contributed by atoms with Gasteiger partial charge in [0.15, 0.2) is 11.0 Å². The Balaban J connectivity index is 1.52. The van der Waals surface area contributed by atoms with Crippen molar-refractivity contribution >= 4 is 23.4 Å². The first-order chi connectivity index (χ1) is 16.1. The second kappa shape index (κ2) is 10.7. The van der Waals surface area contributed by atoms with Crippen molar-refractivity contribution in [2.45, 2.75) is 18.7 Å². The highest BCUT2D eigenvalue weighted by atomic mass is 32.2. The number of carbonyl (C=O) groups excluding carboxylic acids is 1. The lowest BCUT2D eigenvalue weighted by molar-refractivity contribution is -0.113. The quantitative estimate of drug-likeness (QED) is 0.358. The highest BCUT2D eigenvalue weighted by Crippen LogP contribution is 2.25. The molecule has 3 aromatic carbocycles. The van der Waals surface area contributed by atoms with Gasteiger partial charge in [0.2, 0.25) is 5.91 Å². The van der Waals surface area contributed by atoms with E-state index in [1.54, 1.807) is 7.11 Å². The molecule has 0 spiro atoms. The highest BCUT2D eigenvalue weighted by Gasteiger charge is 2.17. The Hall–Kier alpha value is -3.78. The molecule has 0 fully saturated rings. The molecule has 0 aliphatic heterocycles. The molecule has 0 saturated carbocycles. The maximum absolute atomic E-state index is 12.6. The monoisotopic (exact) mass is 460 g/mol. The molecular weight excluding hydrogens is 436 g/mol. The molecule has 1 aromatic heterocycles. The van der Waals surface area contributed by atoms with Crippen LogP contribution in [0.15, 0.2) is 84.0 Å². The zero-order valence-corrected chi connectivity index (χ0v) is 19.2. The molecule has 7 nitrogen and oxygen atoms in total. The molecule has 0 radical (unpaired) electrons. The van der Waals surface area contributed by atoms with Crippen LogP contribution in [0.1, 0.15) is 11.4 Å². The smallest absolute Gasteiger partial charge is 0.234 e. The normalized spacial score (nSPS) is 10.6. The third-order valence-corrected chi connectivity index (χ3v) is 5.82. The number of nitrogens with zero attached hydrogens (tertiary/aromatic N) is 3. The second-order valence-electron chi connectivity index (χ2n) is 7.19. The van der Waals surface area contributed by atoms with Crippen molar-refractivity contribution in [1.82, 2.24) is 14.8 Å². The fourth-order valence-electron chi connectivity index (χ4n) is 3.17. The number of aryl methyl sites for hydroxylation is 1. The number of carbonyl (C=O) groups is 1. The molecular formula is C25H24N4O3S. The molecule has 1 heterocycles. The summed E-state index contributed by atoms with van der Waals surface area (Å²) in [5, 5.41) is 12.2. The van der Waals surface area contributed by atoms with E-state index in [0.29, 0.717) is 11.0 Å². The van der Waals surface area contributed by atoms with E-state index in [1.165, 1.54) is 11.8 Å². The Labute approximate surface area is 196 Å². The number of benzene rings is 3. The summed E-state index contributed by atoms with van der Waals surface area (Å²) in [6, 6.07) is 24.8. The van der Waals surface area contributed by atoms with Gasteiger partial charge in [-0.15, -0.1) is 10.2 Å². The number of aromatic nitrogens is 3. The number of para-hydroxylation sites is 2. The predicted molar refractivity (Wildman–Crippen MR) is 129 cm³/mol. The van der Waals surface area contributed by atoms with Crippen LogP contribution in [0.5, 0.6) is 11.5 Å². The zero-order chi connectivity index (χ0) is 23.0. The SMILES string of the molecule is COc1ccc(-n2c(COc3ccccc3)nnc2SCC(=O)Nc2ccccc2C)cc1. The van der Waals surface area contributed by atoms with Crippen molar-refractivity contribution in [2.24, 2.45) is 0 Å². The largest absolute Gasteiger partial charge is 0.497 e. The van der Waals surface area contributed by atoms with Gasteiger partial charge in [-0.1, -0.05) is 48.2 Å². The van der Waals surface area contributed by atoms with Crippen LogP contribution in [-0.2, 0) is 11.4 Å².